The third-order valence-corrected chi connectivity index (χ3v) is 2.50. The number of hydrogen-bond acceptors (Lipinski definition) is 1. The molecule has 0 saturated carbocycles. The van der Waals surface area contributed by atoms with Gasteiger partial charge in [-0.2, -0.15) is 0 Å². The number of carbonyl (C=O) groups is 1. The van der Waals surface area contributed by atoms with Crippen LogP contribution in [0.5, 0.6) is 0 Å². The molecule has 1 nitrogen and oxygen atoms in total. The highest BCUT2D eigenvalue weighted by molar-refractivity contribution is 6.66. The van der Waals surface area contributed by atoms with Crippen LogP contribution in [-0.4, -0.2) is 24.8 Å². The number of carbonyl (C=O) groups excluding carboxylic acids is 1. The summed E-state index contributed by atoms with van der Waals surface area (Å²) in [6.07, 6.45) is 0. The topological polar surface area (TPSA) is 17.1 Å². The van der Waals surface area contributed by atoms with Crippen LogP contribution in [0.3, 0.4) is 0 Å². The molecule has 0 N–H and O–H groups in total. The van der Waals surface area contributed by atoms with Crippen LogP contribution in [0, 0.1) is 0 Å². The maximum atomic E-state index is 10.0. The van der Waals surface area contributed by atoms with Crippen LogP contribution in [0.1, 0.15) is 5.56 Å². The Morgan fingerprint density at radius 2 is 2.00 bits per heavy atom. The molecule has 0 saturated heterocycles. The average molecular weight is 144 g/mol. The minimum atomic E-state index is -0.457. The molecule has 0 radical (unpaired) electrons. The van der Waals surface area contributed by atoms with Gasteiger partial charge in [-0.05, 0) is 4.42 Å². The molecule has 0 aromatic heterocycles. The molecule has 1 rings (SSSR count). The Bertz CT molecular complexity index is 196. The van der Waals surface area contributed by atoms with Crippen molar-refractivity contribution in [3.63, 3.8) is 0 Å². The van der Waals surface area contributed by atoms with Crippen LogP contribution in [0.25, 0.3) is 0 Å². The van der Waals surface area contributed by atoms with Crippen LogP contribution in [0.4, 0.5) is 0 Å². The predicted octanol–water partition coefficient (Wildman–Crippen LogP) is 1.08. The number of rotatable bonds is 3. The van der Waals surface area contributed by atoms with Crippen LogP contribution >= 0.6 is 0 Å². The van der Waals surface area contributed by atoms with Gasteiger partial charge in [0, 0.05) is 0 Å². The summed E-state index contributed by atoms with van der Waals surface area (Å²) < 4.78 is 2.09. The molecule has 2 heteroatoms. The van der Waals surface area contributed by atoms with Crippen molar-refractivity contribution in [3.05, 3.63) is 35.9 Å². The third-order valence-electron chi connectivity index (χ3n) is 1.39. The molecule has 0 bridgehead atoms. The summed E-state index contributed by atoms with van der Waals surface area (Å²) in [4.78, 5) is 10.0. The molecule has 0 amide bonds. The summed E-state index contributed by atoms with van der Waals surface area (Å²) in [5.74, 6) is 0. The van der Waals surface area contributed by atoms with Gasteiger partial charge in [0.05, 0.1) is 0 Å². The maximum Gasteiger partial charge on any atom is 0.467 e. The fourth-order valence-electron chi connectivity index (χ4n) is 0.870. The summed E-state index contributed by atoms with van der Waals surface area (Å²) in [7, 11) is 0. The standard InChI is InChI=1S/C7H7.CHO.Mg/c1-7-5-3-2-4-6-7;1-2;/h2-6H,1H2;1H;. The molecule has 1 aromatic carbocycles. The van der Waals surface area contributed by atoms with E-state index in [2.05, 4.69) is 12.1 Å². The first-order chi connectivity index (χ1) is 4.93. The molecular formula is C8H8MgO. The fourth-order valence-corrected chi connectivity index (χ4v) is 1.65. The summed E-state index contributed by atoms with van der Waals surface area (Å²) in [6.45, 7) is 0. The van der Waals surface area contributed by atoms with Gasteiger partial charge >= 0.3 is 20.4 Å². The van der Waals surface area contributed by atoms with Crippen LogP contribution in [0.2, 0.25) is 0 Å². The van der Waals surface area contributed by atoms with E-state index >= 15 is 0 Å². The van der Waals surface area contributed by atoms with Gasteiger partial charge in [0.25, 0.3) is 0 Å². The molecule has 0 heterocycles. The van der Waals surface area contributed by atoms with Crippen molar-refractivity contribution in [2.75, 3.05) is 0 Å². The molecule has 0 aliphatic heterocycles. The number of hydrogen-bond donors (Lipinski definition) is 0. The monoisotopic (exact) mass is 144 g/mol. The van der Waals surface area contributed by atoms with Crippen molar-refractivity contribution in [3.8, 4) is 0 Å². The van der Waals surface area contributed by atoms with Gasteiger partial charge in [0.15, 0.2) is 0 Å². The minimum Gasteiger partial charge on any atom is -0.340 e. The lowest BCUT2D eigenvalue weighted by Crippen LogP contribution is -1.96. The lowest BCUT2D eigenvalue weighted by molar-refractivity contribution is 0.568. The largest absolute Gasteiger partial charge is 0.467 e. The van der Waals surface area contributed by atoms with Crippen molar-refractivity contribution in [2.24, 2.45) is 0 Å². The second kappa shape index (κ2) is 4.47. The van der Waals surface area contributed by atoms with Crippen molar-refractivity contribution in [1.82, 2.24) is 0 Å². The molecule has 1 aromatic rings. The molecule has 0 spiro atoms. The zero-order valence-electron chi connectivity index (χ0n) is 5.79. The molecule has 0 fully saturated rings. The molecule has 10 heavy (non-hydrogen) atoms. The van der Waals surface area contributed by atoms with E-state index < -0.39 is 20.4 Å². The zero-order chi connectivity index (χ0) is 7.23. The molecule has 0 atom stereocenters. The molecule has 0 unspecified atom stereocenters. The minimum absolute atomic E-state index is 0.457. The van der Waals surface area contributed by atoms with Crippen molar-refractivity contribution in [2.45, 2.75) is 4.55 Å². The summed E-state index contributed by atoms with van der Waals surface area (Å²) in [5.41, 5.74) is 1.29. The maximum absolute atomic E-state index is 10.0. The van der Waals surface area contributed by atoms with Crippen LogP contribution in [0.15, 0.2) is 30.3 Å². The summed E-state index contributed by atoms with van der Waals surface area (Å²) in [6, 6.07) is 10.1. The van der Waals surface area contributed by atoms with E-state index in [-0.39, 0.29) is 0 Å². The smallest absolute Gasteiger partial charge is 0.340 e. The second-order valence-electron chi connectivity index (χ2n) is 2.19. The Kier molecular flexibility index (Phi) is 3.47. The van der Waals surface area contributed by atoms with E-state index in [1.807, 2.05) is 18.2 Å². The SMILES string of the molecule is O=[CH][Mg][CH2]c1ccccc1. The Labute approximate surface area is 70.2 Å². The highest BCUT2D eigenvalue weighted by atomic mass is 24.5. The molecule has 48 valence electrons. The zero-order valence-corrected chi connectivity index (χ0v) is 7.20. The second-order valence-corrected chi connectivity index (χ2v) is 3.60. The van der Waals surface area contributed by atoms with Crippen LogP contribution in [-0.2, 0) is 9.34 Å². The average Bonchev–Trinajstić information content (AvgIpc) is 2.03. The van der Waals surface area contributed by atoms with Crippen molar-refractivity contribution >= 4 is 24.8 Å². The van der Waals surface area contributed by atoms with Gasteiger partial charge in [-0.15, -0.1) is 4.55 Å². The molecular weight excluding hydrogens is 136 g/mol. The molecule has 0 aliphatic rings. The van der Waals surface area contributed by atoms with E-state index in [0.29, 0.717) is 0 Å². The van der Waals surface area contributed by atoms with Crippen molar-refractivity contribution in [1.29, 1.82) is 0 Å². The highest BCUT2D eigenvalue weighted by Gasteiger charge is 1.93. The van der Waals surface area contributed by atoms with Gasteiger partial charge in [0.2, 0.25) is 0 Å². The fraction of sp³-hybridized carbons (Fsp3) is 0.125. The van der Waals surface area contributed by atoms with Gasteiger partial charge in [-0.1, -0.05) is 35.9 Å². The first-order valence-electron chi connectivity index (χ1n) is 3.41. The lowest BCUT2D eigenvalue weighted by atomic mass is 10.2. The Hall–Kier alpha value is -0.344. The van der Waals surface area contributed by atoms with Crippen LogP contribution < -0.4 is 0 Å². The Morgan fingerprint density at radius 1 is 1.30 bits per heavy atom. The summed E-state index contributed by atoms with van der Waals surface area (Å²) >= 11 is -0.457. The van der Waals surface area contributed by atoms with Gasteiger partial charge < -0.3 is 4.79 Å². The van der Waals surface area contributed by atoms with Gasteiger partial charge in [-0.3, -0.25) is 0 Å². The van der Waals surface area contributed by atoms with E-state index in [4.69, 9.17) is 0 Å². The van der Waals surface area contributed by atoms with Crippen molar-refractivity contribution < 1.29 is 4.79 Å². The quantitative estimate of drug-likeness (QED) is 0.458. The molecule has 0 aliphatic carbocycles. The van der Waals surface area contributed by atoms with Gasteiger partial charge in [0.1, 0.15) is 0 Å². The third kappa shape index (κ3) is 2.50. The first-order valence-corrected chi connectivity index (χ1v) is 5.22. The van der Waals surface area contributed by atoms with E-state index in [1.165, 1.54) is 5.56 Å². The lowest BCUT2D eigenvalue weighted by Gasteiger charge is -1.92. The van der Waals surface area contributed by atoms with E-state index in [1.54, 1.807) is 0 Å². The predicted molar refractivity (Wildman–Crippen MR) is 42.7 cm³/mol. The highest BCUT2D eigenvalue weighted by Crippen LogP contribution is 1.96. The Balaban J connectivity index is 2.50. The first kappa shape index (κ1) is 7.76. The van der Waals surface area contributed by atoms with E-state index in [0.717, 1.165) is 8.97 Å². The van der Waals surface area contributed by atoms with Gasteiger partial charge in [-0.25, -0.2) is 0 Å². The summed E-state index contributed by atoms with van der Waals surface area (Å²) in [5, 5.41) is 0. The Morgan fingerprint density at radius 3 is 2.60 bits per heavy atom. The van der Waals surface area contributed by atoms with E-state index in [9.17, 15) is 4.79 Å². The normalized spacial score (nSPS) is 8.40. The number of benzene rings is 1.